The summed E-state index contributed by atoms with van der Waals surface area (Å²) in [5.41, 5.74) is 1.03. The van der Waals surface area contributed by atoms with Gasteiger partial charge in [0.05, 0.1) is 0 Å². The van der Waals surface area contributed by atoms with E-state index in [1.54, 1.807) is 6.07 Å². The summed E-state index contributed by atoms with van der Waals surface area (Å²) in [7, 11) is 2.13. The third kappa shape index (κ3) is 3.31. The molecule has 0 heterocycles. The van der Waals surface area contributed by atoms with E-state index in [2.05, 4.69) is 44.9 Å². The number of fused-ring (bicyclic) bond motifs is 1. The molecule has 0 spiro atoms. The maximum atomic E-state index is 10.2. The van der Waals surface area contributed by atoms with E-state index in [0.29, 0.717) is 17.7 Å². The van der Waals surface area contributed by atoms with E-state index in [0.717, 1.165) is 17.5 Å². The molecule has 108 valence electrons. The van der Waals surface area contributed by atoms with E-state index in [9.17, 15) is 5.11 Å². The van der Waals surface area contributed by atoms with Crippen LogP contribution in [0, 0.1) is 5.92 Å². The lowest BCUT2D eigenvalue weighted by molar-refractivity contribution is 0.219. The van der Waals surface area contributed by atoms with Crippen molar-refractivity contribution in [3.8, 4) is 5.75 Å². The van der Waals surface area contributed by atoms with Crippen molar-refractivity contribution in [2.24, 2.45) is 5.92 Å². The molecular weight excluding hydrogens is 246 g/mol. The van der Waals surface area contributed by atoms with Crippen LogP contribution in [0.5, 0.6) is 5.75 Å². The van der Waals surface area contributed by atoms with Gasteiger partial charge in [-0.15, -0.1) is 0 Å². The predicted molar refractivity (Wildman–Crippen MR) is 86.0 cm³/mol. The van der Waals surface area contributed by atoms with Gasteiger partial charge in [0.25, 0.3) is 0 Å². The lowest BCUT2D eigenvalue weighted by atomic mass is 10.0. The molecule has 0 saturated heterocycles. The summed E-state index contributed by atoms with van der Waals surface area (Å²) >= 11 is 0. The minimum atomic E-state index is 0.396. The molecule has 0 bridgehead atoms. The van der Waals surface area contributed by atoms with Gasteiger partial charge in [0.1, 0.15) is 5.75 Å². The second-order valence-corrected chi connectivity index (χ2v) is 6.18. The van der Waals surface area contributed by atoms with Crippen molar-refractivity contribution in [3.63, 3.8) is 0 Å². The second kappa shape index (κ2) is 6.27. The largest absolute Gasteiger partial charge is 0.508 e. The third-order valence-electron chi connectivity index (χ3n) is 3.99. The van der Waals surface area contributed by atoms with Crippen molar-refractivity contribution in [2.45, 2.75) is 39.8 Å². The number of hydrogen-bond donors (Lipinski definition) is 1. The van der Waals surface area contributed by atoms with Crippen molar-refractivity contribution in [2.75, 3.05) is 7.05 Å². The van der Waals surface area contributed by atoms with Crippen LogP contribution in [-0.2, 0) is 6.54 Å². The van der Waals surface area contributed by atoms with Crippen LogP contribution >= 0.6 is 0 Å². The molecule has 1 atom stereocenters. The summed E-state index contributed by atoms with van der Waals surface area (Å²) in [4.78, 5) is 2.32. The summed E-state index contributed by atoms with van der Waals surface area (Å²) in [6.45, 7) is 7.53. The Balaban J connectivity index is 2.26. The first-order chi connectivity index (χ1) is 9.49. The Hall–Kier alpha value is -1.54. The number of rotatable bonds is 5. The molecule has 0 aliphatic heterocycles. The molecule has 2 nitrogen and oxygen atoms in total. The van der Waals surface area contributed by atoms with Gasteiger partial charge in [0.15, 0.2) is 0 Å². The highest BCUT2D eigenvalue weighted by Crippen LogP contribution is 2.28. The Morgan fingerprint density at radius 3 is 2.45 bits per heavy atom. The molecule has 0 aliphatic rings. The molecule has 20 heavy (non-hydrogen) atoms. The number of nitrogens with zero attached hydrogens (tertiary/aromatic N) is 1. The molecular formula is C18H25NO. The topological polar surface area (TPSA) is 23.5 Å². The van der Waals surface area contributed by atoms with E-state index in [1.165, 1.54) is 11.8 Å². The van der Waals surface area contributed by atoms with Gasteiger partial charge in [0.2, 0.25) is 0 Å². The summed E-state index contributed by atoms with van der Waals surface area (Å²) in [5.74, 6) is 1.08. The van der Waals surface area contributed by atoms with Crippen LogP contribution in [0.4, 0.5) is 0 Å². The predicted octanol–water partition coefficient (Wildman–Crippen LogP) is 4.41. The van der Waals surface area contributed by atoms with Crippen molar-refractivity contribution in [1.82, 2.24) is 4.90 Å². The molecule has 0 aliphatic carbocycles. The lowest BCUT2D eigenvalue weighted by Gasteiger charge is -2.27. The van der Waals surface area contributed by atoms with Crippen LogP contribution in [0.15, 0.2) is 36.4 Å². The fraction of sp³-hybridized carbons (Fsp3) is 0.444. The third-order valence-corrected chi connectivity index (χ3v) is 3.99. The summed E-state index contributed by atoms with van der Waals surface area (Å²) < 4.78 is 0. The molecule has 0 amide bonds. The number of phenols is 1. The molecule has 0 radical (unpaired) electrons. The van der Waals surface area contributed by atoms with Crippen LogP contribution in [0.3, 0.4) is 0 Å². The molecule has 0 fully saturated rings. The van der Waals surface area contributed by atoms with E-state index >= 15 is 0 Å². The van der Waals surface area contributed by atoms with Crippen LogP contribution < -0.4 is 0 Å². The highest BCUT2D eigenvalue weighted by Gasteiger charge is 2.15. The summed E-state index contributed by atoms with van der Waals surface area (Å²) in [6.07, 6.45) is 1.17. The Morgan fingerprint density at radius 2 is 1.75 bits per heavy atom. The second-order valence-electron chi connectivity index (χ2n) is 6.18. The SMILES string of the molecule is CC(C)CC(C)N(C)Cc1c(O)ccc2ccccc12. The van der Waals surface area contributed by atoms with Crippen molar-refractivity contribution >= 4 is 10.8 Å². The molecule has 0 aromatic heterocycles. The van der Waals surface area contributed by atoms with Gasteiger partial charge in [-0.25, -0.2) is 0 Å². The Morgan fingerprint density at radius 1 is 1.05 bits per heavy atom. The van der Waals surface area contributed by atoms with Crippen molar-refractivity contribution < 1.29 is 5.11 Å². The first-order valence-corrected chi connectivity index (χ1v) is 7.39. The van der Waals surface area contributed by atoms with E-state index in [1.807, 2.05) is 18.2 Å². The number of hydrogen-bond acceptors (Lipinski definition) is 2. The average Bonchev–Trinajstić information content (AvgIpc) is 2.41. The van der Waals surface area contributed by atoms with Crippen LogP contribution in [0.1, 0.15) is 32.8 Å². The van der Waals surface area contributed by atoms with E-state index in [-0.39, 0.29) is 0 Å². The maximum absolute atomic E-state index is 10.2. The molecule has 1 N–H and O–H groups in total. The monoisotopic (exact) mass is 271 g/mol. The van der Waals surface area contributed by atoms with Crippen molar-refractivity contribution in [1.29, 1.82) is 0 Å². The van der Waals surface area contributed by atoms with Gasteiger partial charge in [-0.05, 0) is 43.1 Å². The zero-order valence-corrected chi connectivity index (χ0v) is 12.9. The van der Waals surface area contributed by atoms with Gasteiger partial charge in [-0.1, -0.05) is 44.2 Å². The fourth-order valence-corrected chi connectivity index (χ4v) is 2.76. The van der Waals surface area contributed by atoms with Crippen molar-refractivity contribution in [3.05, 3.63) is 42.0 Å². The lowest BCUT2D eigenvalue weighted by Crippen LogP contribution is -2.29. The van der Waals surface area contributed by atoms with Crippen LogP contribution in [0.25, 0.3) is 10.8 Å². The number of benzene rings is 2. The average molecular weight is 271 g/mol. The summed E-state index contributed by atoms with van der Waals surface area (Å²) in [6, 6.07) is 12.5. The fourth-order valence-electron chi connectivity index (χ4n) is 2.76. The quantitative estimate of drug-likeness (QED) is 0.870. The highest BCUT2D eigenvalue weighted by molar-refractivity contribution is 5.87. The standard InChI is InChI=1S/C18H25NO/c1-13(2)11-14(3)19(4)12-17-16-8-6-5-7-15(16)9-10-18(17)20/h5-10,13-14,20H,11-12H2,1-4H3. The molecule has 2 rings (SSSR count). The van der Waals surface area contributed by atoms with Gasteiger partial charge >= 0.3 is 0 Å². The molecule has 2 heteroatoms. The van der Waals surface area contributed by atoms with Gasteiger partial charge in [-0.2, -0.15) is 0 Å². The first-order valence-electron chi connectivity index (χ1n) is 7.39. The highest BCUT2D eigenvalue weighted by atomic mass is 16.3. The summed E-state index contributed by atoms with van der Waals surface area (Å²) in [5, 5.41) is 12.5. The van der Waals surface area contributed by atoms with E-state index < -0.39 is 0 Å². The molecule has 1 unspecified atom stereocenters. The van der Waals surface area contributed by atoms with E-state index in [4.69, 9.17) is 0 Å². The number of phenolic OH excluding ortho intramolecular Hbond substituents is 1. The van der Waals surface area contributed by atoms with Crippen LogP contribution in [0.2, 0.25) is 0 Å². The van der Waals surface area contributed by atoms with Gasteiger partial charge in [0, 0.05) is 18.2 Å². The normalized spacial score (nSPS) is 13.3. The minimum absolute atomic E-state index is 0.396. The van der Waals surface area contributed by atoms with Gasteiger partial charge in [-0.3, -0.25) is 4.90 Å². The maximum Gasteiger partial charge on any atom is 0.120 e. The Labute approximate surface area is 122 Å². The zero-order valence-electron chi connectivity index (χ0n) is 12.9. The molecule has 2 aromatic carbocycles. The Bertz CT molecular complexity index is 577. The molecule has 0 saturated carbocycles. The molecule has 2 aromatic rings. The smallest absolute Gasteiger partial charge is 0.120 e. The zero-order chi connectivity index (χ0) is 14.7. The minimum Gasteiger partial charge on any atom is -0.508 e. The number of aromatic hydroxyl groups is 1. The van der Waals surface area contributed by atoms with Gasteiger partial charge < -0.3 is 5.11 Å². The Kier molecular flexibility index (Phi) is 4.66. The van der Waals surface area contributed by atoms with Crippen LogP contribution in [-0.4, -0.2) is 23.1 Å². The first kappa shape index (κ1) is 14.9.